The summed E-state index contributed by atoms with van der Waals surface area (Å²) in [6.07, 6.45) is 2.19. The molecule has 0 aliphatic carbocycles. The van der Waals surface area contributed by atoms with Crippen LogP contribution in [0.5, 0.6) is 0 Å². The van der Waals surface area contributed by atoms with Crippen LogP contribution in [0.15, 0.2) is 30.3 Å². The number of carbonyl (C=O) groups is 1. The highest BCUT2D eigenvalue weighted by atomic mass is 16.2. The fraction of sp³-hybridized carbons (Fsp3) is 0.500. The molecule has 1 aromatic carbocycles. The Kier molecular flexibility index (Phi) is 5.03. The molecule has 0 radical (unpaired) electrons. The highest BCUT2D eigenvalue weighted by molar-refractivity contribution is 5.93. The van der Waals surface area contributed by atoms with Gasteiger partial charge in [0.2, 0.25) is 0 Å². The first-order valence-electron chi connectivity index (χ1n) is 9.76. The Morgan fingerprint density at radius 1 is 1.19 bits per heavy atom. The van der Waals surface area contributed by atoms with E-state index in [1.165, 1.54) is 11.3 Å². The molecule has 2 saturated heterocycles. The van der Waals surface area contributed by atoms with E-state index < -0.39 is 0 Å². The Morgan fingerprint density at radius 2 is 1.96 bits per heavy atom. The number of rotatable bonds is 3. The van der Waals surface area contributed by atoms with Crippen molar-refractivity contribution in [2.24, 2.45) is 0 Å². The van der Waals surface area contributed by atoms with Gasteiger partial charge in [-0.3, -0.25) is 14.8 Å². The first-order valence-corrected chi connectivity index (χ1v) is 9.76. The molecule has 0 bridgehead atoms. The zero-order valence-corrected chi connectivity index (χ0v) is 15.9. The number of aryl methyl sites for hydroxylation is 1. The Labute approximate surface area is 160 Å². The summed E-state index contributed by atoms with van der Waals surface area (Å²) < 4.78 is 0. The summed E-state index contributed by atoms with van der Waals surface area (Å²) in [7, 11) is 0. The normalized spacial score (nSPS) is 21.4. The molecule has 1 unspecified atom stereocenters. The van der Waals surface area contributed by atoms with Gasteiger partial charge in [-0.25, -0.2) is 0 Å². The van der Waals surface area contributed by atoms with Gasteiger partial charge in [0.25, 0.3) is 5.91 Å². The van der Waals surface area contributed by atoms with Crippen molar-refractivity contribution >= 4 is 17.4 Å². The lowest BCUT2D eigenvalue weighted by Crippen LogP contribution is -2.56. The summed E-state index contributed by atoms with van der Waals surface area (Å²) in [6, 6.07) is 10.6. The quantitative estimate of drug-likeness (QED) is 0.862. The van der Waals surface area contributed by atoms with Gasteiger partial charge in [-0.1, -0.05) is 18.2 Å². The highest BCUT2D eigenvalue weighted by Gasteiger charge is 2.31. The maximum atomic E-state index is 12.7. The van der Waals surface area contributed by atoms with Gasteiger partial charge in [0, 0.05) is 57.1 Å². The third kappa shape index (κ3) is 3.78. The molecule has 2 aliphatic rings. The van der Waals surface area contributed by atoms with E-state index >= 15 is 0 Å². The van der Waals surface area contributed by atoms with Gasteiger partial charge in [-0.15, -0.1) is 0 Å². The molecule has 7 nitrogen and oxygen atoms in total. The Balaban J connectivity index is 1.36. The van der Waals surface area contributed by atoms with E-state index in [0.717, 1.165) is 52.1 Å². The first-order chi connectivity index (χ1) is 13.1. The van der Waals surface area contributed by atoms with Crippen LogP contribution >= 0.6 is 0 Å². The summed E-state index contributed by atoms with van der Waals surface area (Å²) in [5.74, 6) is 0.363. The van der Waals surface area contributed by atoms with Crippen molar-refractivity contribution in [1.29, 1.82) is 0 Å². The largest absolute Gasteiger partial charge is 0.382 e. The minimum Gasteiger partial charge on any atom is -0.382 e. The maximum absolute atomic E-state index is 12.7. The molecule has 2 fully saturated rings. The van der Waals surface area contributed by atoms with Crippen LogP contribution in [0.1, 0.15) is 28.9 Å². The summed E-state index contributed by atoms with van der Waals surface area (Å²) in [5.41, 5.74) is 8.79. The van der Waals surface area contributed by atoms with Gasteiger partial charge in [-0.05, 0) is 31.4 Å². The van der Waals surface area contributed by atoms with Crippen molar-refractivity contribution in [3.8, 4) is 0 Å². The van der Waals surface area contributed by atoms with Gasteiger partial charge < -0.3 is 15.5 Å². The molecule has 2 aromatic rings. The standard InChI is InChI=1S/C20H28N6O/c1-15-5-2-3-7-18(15)25-11-9-24(10-12-25)16-6-4-8-26(14-16)20(27)17-13-19(21)23-22-17/h2-3,5,7,13,16H,4,6,8-12,14H2,1H3,(H3,21,22,23). The van der Waals surface area contributed by atoms with Gasteiger partial charge in [0.15, 0.2) is 0 Å². The highest BCUT2D eigenvalue weighted by Crippen LogP contribution is 2.24. The number of anilines is 2. The minimum atomic E-state index is 0.00227. The smallest absolute Gasteiger partial charge is 0.271 e. The number of hydrogen-bond donors (Lipinski definition) is 2. The molecule has 144 valence electrons. The number of piperidine rings is 1. The second kappa shape index (κ2) is 7.60. The van der Waals surface area contributed by atoms with Crippen LogP contribution in [0, 0.1) is 6.92 Å². The van der Waals surface area contributed by atoms with E-state index in [-0.39, 0.29) is 5.91 Å². The van der Waals surface area contributed by atoms with Crippen LogP contribution in [0.25, 0.3) is 0 Å². The number of H-pyrrole nitrogens is 1. The van der Waals surface area contributed by atoms with Gasteiger partial charge in [0.05, 0.1) is 0 Å². The molecule has 3 N–H and O–H groups in total. The van der Waals surface area contributed by atoms with E-state index in [4.69, 9.17) is 5.73 Å². The topological polar surface area (TPSA) is 81.5 Å². The van der Waals surface area contributed by atoms with Crippen LogP contribution < -0.4 is 10.6 Å². The van der Waals surface area contributed by atoms with Crippen LogP contribution in [-0.2, 0) is 0 Å². The van der Waals surface area contributed by atoms with Crippen LogP contribution in [0.2, 0.25) is 0 Å². The molecule has 7 heteroatoms. The number of nitrogens with one attached hydrogen (secondary N) is 1. The number of aromatic amines is 1. The maximum Gasteiger partial charge on any atom is 0.271 e. The number of piperazine rings is 1. The second-order valence-corrected chi connectivity index (χ2v) is 7.56. The molecule has 1 atom stereocenters. The van der Waals surface area contributed by atoms with E-state index in [0.29, 0.717) is 17.6 Å². The number of para-hydroxylation sites is 1. The number of benzene rings is 1. The van der Waals surface area contributed by atoms with Crippen molar-refractivity contribution in [2.75, 3.05) is 49.9 Å². The molecule has 0 spiro atoms. The fourth-order valence-electron chi connectivity index (χ4n) is 4.30. The number of aromatic nitrogens is 2. The summed E-state index contributed by atoms with van der Waals surface area (Å²) in [5, 5.41) is 6.61. The SMILES string of the molecule is Cc1ccccc1N1CCN(C2CCCN(C(=O)c3cc(N)n[nH]3)C2)CC1. The van der Waals surface area contributed by atoms with Crippen molar-refractivity contribution in [3.63, 3.8) is 0 Å². The van der Waals surface area contributed by atoms with Crippen LogP contribution in [0.3, 0.4) is 0 Å². The zero-order chi connectivity index (χ0) is 18.8. The molecule has 2 aliphatic heterocycles. The molecule has 0 saturated carbocycles. The van der Waals surface area contributed by atoms with E-state index in [1.54, 1.807) is 6.07 Å². The van der Waals surface area contributed by atoms with Crippen LogP contribution in [0.4, 0.5) is 11.5 Å². The molecule has 3 heterocycles. The van der Waals surface area contributed by atoms with Crippen molar-refractivity contribution in [1.82, 2.24) is 20.0 Å². The summed E-state index contributed by atoms with van der Waals surface area (Å²) >= 11 is 0. The predicted molar refractivity (Wildman–Crippen MR) is 107 cm³/mol. The number of nitrogens with two attached hydrogens (primary N) is 1. The average Bonchev–Trinajstić information content (AvgIpc) is 3.14. The lowest BCUT2D eigenvalue weighted by molar-refractivity contribution is 0.0558. The number of nitrogens with zero attached hydrogens (tertiary/aromatic N) is 4. The van der Waals surface area contributed by atoms with Crippen molar-refractivity contribution in [3.05, 3.63) is 41.6 Å². The fourth-order valence-corrected chi connectivity index (χ4v) is 4.30. The molecular weight excluding hydrogens is 340 g/mol. The Bertz CT molecular complexity index is 795. The third-order valence-electron chi connectivity index (χ3n) is 5.80. The predicted octanol–water partition coefficient (Wildman–Crippen LogP) is 1.73. The molecule has 1 amide bonds. The lowest BCUT2D eigenvalue weighted by atomic mass is 10.0. The van der Waals surface area contributed by atoms with Gasteiger partial charge in [0.1, 0.15) is 11.5 Å². The third-order valence-corrected chi connectivity index (χ3v) is 5.80. The van der Waals surface area contributed by atoms with E-state index in [2.05, 4.69) is 51.2 Å². The summed E-state index contributed by atoms with van der Waals surface area (Å²) in [6.45, 7) is 7.91. The van der Waals surface area contributed by atoms with Gasteiger partial charge >= 0.3 is 0 Å². The van der Waals surface area contributed by atoms with E-state index in [1.807, 2.05) is 4.90 Å². The molecular formula is C20H28N6O. The number of likely N-dealkylation sites (tertiary alicyclic amines) is 1. The van der Waals surface area contributed by atoms with Gasteiger partial charge in [-0.2, -0.15) is 5.10 Å². The molecule has 1 aromatic heterocycles. The average molecular weight is 368 g/mol. The number of hydrogen-bond acceptors (Lipinski definition) is 5. The first kappa shape index (κ1) is 17.9. The zero-order valence-electron chi connectivity index (χ0n) is 15.9. The number of amides is 1. The summed E-state index contributed by atoms with van der Waals surface area (Å²) in [4.78, 5) is 19.7. The number of carbonyl (C=O) groups excluding carboxylic acids is 1. The lowest BCUT2D eigenvalue weighted by Gasteiger charge is -2.44. The van der Waals surface area contributed by atoms with Crippen molar-refractivity contribution in [2.45, 2.75) is 25.8 Å². The van der Waals surface area contributed by atoms with Crippen molar-refractivity contribution < 1.29 is 4.79 Å². The monoisotopic (exact) mass is 368 g/mol. The number of nitrogen functional groups attached to an aromatic ring is 1. The second-order valence-electron chi connectivity index (χ2n) is 7.56. The molecule has 27 heavy (non-hydrogen) atoms. The Morgan fingerprint density at radius 3 is 2.67 bits per heavy atom. The minimum absolute atomic E-state index is 0.00227. The molecule has 4 rings (SSSR count). The van der Waals surface area contributed by atoms with E-state index in [9.17, 15) is 4.79 Å². The van der Waals surface area contributed by atoms with Crippen LogP contribution in [-0.4, -0.2) is 71.2 Å². The Hall–Kier alpha value is -2.54.